The lowest BCUT2D eigenvalue weighted by Crippen LogP contribution is -2.30. The third-order valence-electron chi connectivity index (χ3n) is 4.06. The van der Waals surface area contributed by atoms with Crippen molar-refractivity contribution < 1.29 is 0 Å². The molecule has 1 saturated carbocycles. The lowest BCUT2D eigenvalue weighted by Gasteiger charge is -2.33. The van der Waals surface area contributed by atoms with Gasteiger partial charge in [0.2, 0.25) is 0 Å². The van der Waals surface area contributed by atoms with E-state index in [1.54, 1.807) is 0 Å². The molecule has 18 heavy (non-hydrogen) atoms. The summed E-state index contributed by atoms with van der Waals surface area (Å²) in [6.07, 6.45) is 3.78. The lowest BCUT2D eigenvalue weighted by atomic mass is 9.79. The average Bonchev–Trinajstić information content (AvgIpc) is 2.34. The molecule has 0 saturated heterocycles. The van der Waals surface area contributed by atoms with Gasteiger partial charge >= 0.3 is 0 Å². The zero-order chi connectivity index (χ0) is 13.1. The summed E-state index contributed by atoms with van der Waals surface area (Å²) < 4.78 is 0.868. The van der Waals surface area contributed by atoms with Crippen LogP contribution in [0.1, 0.15) is 38.7 Å². The van der Waals surface area contributed by atoms with Crippen LogP contribution in [0.25, 0.3) is 0 Å². The highest BCUT2D eigenvalue weighted by atomic mass is 79.9. The molecule has 0 heterocycles. The van der Waals surface area contributed by atoms with Crippen LogP contribution in [-0.2, 0) is 0 Å². The smallest absolute Gasteiger partial charge is 0.100 e. The third kappa shape index (κ3) is 3.05. The van der Waals surface area contributed by atoms with E-state index in [2.05, 4.69) is 41.2 Å². The standard InChI is InChI=1S/C15H19BrN2/c1-10-3-5-13(7-11(10)2)18-14-6-4-12(9-17)15(16)8-14/h4,6,8,10-11,13,18H,3,5,7H2,1-2H3. The number of benzene rings is 1. The molecule has 1 fully saturated rings. The summed E-state index contributed by atoms with van der Waals surface area (Å²) >= 11 is 3.43. The van der Waals surface area contributed by atoms with Crippen LogP contribution >= 0.6 is 15.9 Å². The molecule has 0 bridgehead atoms. The van der Waals surface area contributed by atoms with Gasteiger partial charge in [0.25, 0.3) is 0 Å². The fourth-order valence-corrected chi connectivity index (χ4v) is 3.08. The lowest BCUT2D eigenvalue weighted by molar-refractivity contribution is 0.261. The molecule has 96 valence electrons. The topological polar surface area (TPSA) is 35.8 Å². The van der Waals surface area contributed by atoms with Gasteiger partial charge in [-0.3, -0.25) is 0 Å². The Labute approximate surface area is 118 Å². The summed E-state index contributed by atoms with van der Waals surface area (Å²) in [6.45, 7) is 4.69. The molecule has 3 atom stereocenters. The van der Waals surface area contributed by atoms with Crippen molar-refractivity contribution >= 4 is 21.6 Å². The molecule has 0 aromatic heterocycles. The predicted molar refractivity (Wildman–Crippen MR) is 78.4 cm³/mol. The van der Waals surface area contributed by atoms with E-state index in [0.717, 1.165) is 22.0 Å². The van der Waals surface area contributed by atoms with E-state index >= 15 is 0 Å². The molecule has 2 nitrogen and oxygen atoms in total. The van der Waals surface area contributed by atoms with Crippen molar-refractivity contribution in [3.05, 3.63) is 28.2 Å². The van der Waals surface area contributed by atoms with Crippen molar-refractivity contribution in [2.75, 3.05) is 5.32 Å². The largest absolute Gasteiger partial charge is 0.382 e. The van der Waals surface area contributed by atoms with Crippen molar-refractivity contribution in [3.63, 3.8) is 0 Å². The first kappa shape index (κ1) is 13.4. The summed E-state index contributed by atoms with van der Waals surface area (Å²) in [6, 6.07) is 8.59. The number of nitrogens with zero attached hydrogens (tertiary/aromatic N) is 1. The second-order valence-electron chi connectivity index (χ2n) is 5.42. The Balaban J connectivity index is 2.02. The Morgan fingerprint density at radius 3 is 2.67 bits per heavy atom. The van der Waals surface area contributed by atoms with Crippen LogP contribution in [0.15, 0.2) is 22.7 Å². The summed E-state index contributed by atoms with van der Waals surface area (Å²) in [5, 5.41) is 12.5. The van der Waals surface area contributed by atoms with E-state index in [0.29, 0.717) is 11.6 Å². The quantitative estimate of drug-likeness (QED) is 0.869. The molecule has 3 unspecified atom stereocenters. The number of rotatable bonds is 2. The number of nitriles is 1. The number of nitrogens with one attached hydrogen (secondary N) is 1. The van der Waals surface area contributed by atoms with Crippen molar-refractivity contribution in [1.82, 2.24) is 0 Å². The van der Waals surface area contributed by atoms with Crippen LogP contribution in [0.3, 0.4) is 0 Å². The zero-order valence-corrected chi connectivity index (χ0v) is 12.5. The Morgan fingerprint density at radius 2 is 2.06 bits per heavy atom. The first-order valence-corrected chi connectivity index (χ1v) is 7.35. The summed E-state index contributed by atoms with van der Waals surface area (Å²) in [5.41, 5.74) is 1.79. The van der Waals surface area contributed by atoms with Gasteiger partial charge in [-0.05, 0) is 65.2 Å². The summed E-state index contributed by atoms with van der Waals surface area (Å²) in [4.78, 5) is 0. The van der Waals surface area contributed by atoms with Crippen LogP contribution in [0.5, 0.6) is 0 Å². The van der Waals surface area contributed by atoms with E-state index in [1.165, 1.54) is 19.3 Å². The first-order chi connectivity index (χ1) is 8.60. The number of hydrogen-bond donors (Lipinski definition) is 1. The normalized spacial score (nSPS) is 27.6. The zero-order valence-electron chi connectivity index (χ0n) is 10.9. The molecule has 0 aliphatic heterocycles. The molecule has 1 aliphatic carbocycles. The Hall–Kier alpha value is -1.01. The molecule has 1 aromatic rings. The summed E-state index contributed by atoms with van der Waals surface area (Å²) in [5.74, 6) is 1.63. The monoisotopic (exact) mass is 306 g/mol. The SMILES string of the molecule is CC1CCC(Nc2ccc(C#N)c(Br)c2)CC1C. The third-order valence-corrected chi connectivity index (χ3v) is 4.71. The van der Waals surface area contributed by atoms with Gasteiger partial charge in [0.1, 0.15) is 6.07 Å². The number of hydrogen-bond acceptors (Lipinski definition) is 2. The minimum Gasteiger partial charge on any atom is -0.382 e. The maximum Gasteiger partial charge on any atom is 0.100 e. The highest BCUT2D eigenvalue weighted by Gasteiger charge is 2.24. The second kappa shape index (κ2) is 5.75. The maximum absolute atomic E-state index is 8.89. The van der Waals surface area contributed by atoms with E-state index in [9.17, 15) is 0 Å². The maximum atomic E-state index is 8.89. The molecule has 1 aromatic carbocycles. The highest BCUT2D eigenvalue weighted by Crippen LogP contribution is 2.31. The Bertz CT molecular complexity index is 464. The van der Waals surface area contributed by atoms with Crippen LogP contribution in [0.4, 0.5) is 5.69 Å². The van der Waals surface area contributed by atoms with Gasteiger partial charge in [-0.15, -0.1) is 0 Å². The van der Waals surface area contributed by atoms with Gasteiger partial charge in [0.05, 0.1) is 5.56 Å². The van der Waals surface area contributed by atoms with Crippen LogP contribution in [0, 0.1) is 23.2 Å². The average molecular weight is 307 g/mol. The van der Waals surface area contributed by atoms with Crippen LogP contribution in [-0.4, -0.2) is 6.04 Å². The molecule has 0 spiro atoms. The number of anilines is 1. The molecular weight excluding hydrogens is 288 g/mol. The van der Waals surface area contributed by atoms with Gasteiger partial charge < -0.3 is 5.32 Å². The van der Waals surface area contributed by atoms with Crippen LogP contribution in [0.2, 0.25) is 0 Å². The fraction of sp³-hybridized carbons (Fsp3) is 0.533. The van der Waals surface area contributed by atoms with Gasteiger partial charge in [-0.2, -0.15) is 5.26 Å². The molecule has 0 amide bonds. The van der Waals surface area contributed by atoms with Crippen molar-refractivity contribution in [3.8, 4) is 6.07 Å². The van der Waals surface area contributed by atoms with Gasteiger partial charge in [-0.1, -0.05) is 13.8 Å². The Kier molecular flexibility index (Phi) is 4.29. The minimum absolute atomic E-state index is 0.566. The van der Waals surface area contributed by atoms with Crippen molar-refractivity contribution in [2.45, 2.75) is 39.2 Å². The predicted octanol–water partition coefficient (Wildman–Crippen LogP) is 4.56. The van der Waals surface area contributed by atoms with Gasteiger partial charge in [0, 0.05) is 16.2 Å². The molecule has 1 aliphatic rings. The highest BCUT2D eigenvalue weighted by molar-refractivity contribution is 9.10. The minimum atomic E-state index is 0.566. The first-order valence-electron chi connectivity index (χ1n) is 6.56. The Morgan fingerprint density at radius 1 is 1.28 bits per heavy atom. The van der Waals surface area contributed by atoms with Gasteiger partial charge in [-0.25, -0.2) is 0 Å². The van der Waals surface area contributed by atoms with Crippen LogP contribution < -0.4 is 5.32 Å². The van der Waals surface area contributed by atoms with Gasteiger partial charge in [0.15, 0.2) is 0 Å². The fourth-order valence-electron chi connectivity index (χ4n) is 2.61. The number of halogens is 1. The van der Waals surface area contributed by atoms with E-state index < -0.39 is 0 Å². The van der Waals surface area contributed by atoms with Crippen molar-refractivity contribution in [1.29, 1.82) is 5.26 Å². The summed E-state index contributed by atoms with van der Waals surface area (Å²) in [7, 11) is 0. The molecule has 2 rings (SSSR count). The molecule has 3 heteroatoms. The molecule has 0 radical (unpaired) electrons. The molecule has 1 N–H and O–H groups in total. The van der Waals surface area contributed by atoms with E-state index in [-0.39, 0.29) is 0 Å². The second-order valence-corrected chi connectivity index (χ2v) is 6.27. The van der Waals surface area contributed by atoms with E-state index in [4.69, 9.17) is 5.26 Å². The molecular formula is C15H19BrN2. The van der Waals surface area contributed by atoms with E-state index in [1.807, 2.05) is 18.2 Å². The van der Waals surface area contributed by atoms with Crippen molar-refractivity contribution in [2.24, 2.45) is 11.8 Å².